The Morgan fingerprint density at radius 2 is 1.78 bits per heavy atom. The number of ether oxygens (including phenoxy) is 1. The molecule has 0 aromatic heterocycles. The smallest absolute Gasteiger partial charge is 0.132 e. The molecule has 0 amide bonds. The van der Waals surface area contributed by atoms with Gasteiger partial charge in [-0.3, -0.25) is 0 Å². The van der Waals surface area contributed by atoms with E-state index in [9.17, 15) is 4.39 Å². The molecule has 0 saturated carbocycles. The quantitative estimate of drug-likeness (QED) is 0.895. The first-order chi connectivity index (χ1) is 8.60. The lowest BCUT2D eigenvalue weighted by molar-refractivity contribution is 0.470. The molecule has 0 radical (unpaired) electrons. The molecule has 2 aromatic rings. The average Bonchev–Trinajstić information content (AvgIpc) is 2.34. The van der Waals surface area contributed by atoms with Crippen LogP contribution in [0.1, 0.15) is 16.7 Å². The molecule has 2 N–H and O–H groups in total. The Morgan fingerprint density at radius 1 is 1.06 bits per heavy atom. The Balaban J connectivity index is 2.33. The van der Waals surface area contributed by atoms with E-state index in [0.717, 1.165) is 11.3 Å². The summed E-state index contributed by atoms with van der Waals surface area (Å²) >= 11 is 0. The van der Waals surface area contributed by atoms with Gasteiger partial charge in [-0.05, 0) is 43.7 Å². The molecule has 0 saturated heterocycles. The van der Waals surface area contributed by atoms with E-state index in [0.29, 0.717) is 11.3 Å². The van der Waals surface area contributed by atoms with E-state index in [1.165, 1.54) is 17.7 Å². The summed E-state index contributed by atoms with van der Waals surface area (Å²) in [4.78, 5) is 0. The predicted octanol–water partition coefficient (Wildman–Crippen LogP) is 3.69. The molecular formula is C15H16FNO. The van der Waals surface area contributed by atoms with Crippen molar-refractivity contribution in [2.24, 2.45) is 5.73 Å². The SMILES string of the molecule is Cc1ccc(Oc2ccc(F)cc2CN)c(C)c1. The number of nitrogens with two attached hydrogens (primary N) is 1. The second kappa shape index (κ2) is 5.19. The highest BCUT2D eigenvalue weighted by Crippen LogP contribution is 2.28. The van der Waals surface area contributed by atoms with E-state index in [2.05, 4.69) is 0 Å². The minimum atomic E-state index is -0.302. The average molecular weight is 245 g/mol. The lowest BCUT2D eigenvalue weighted by Crippen LogP contribution is -2.00. The van der Waals surface area contributed by atoms with E-state index in [1.54, 1.807) is 6.07 Å². The highest BCUT2D eigenvalue weighted by molar-refractivity contribution is 5.42. The number of benzene rings is 2. The predicted molar refractivity (Wildman–Crippen MR) is 70.3 cm³/mol. The van der Waals surface area contributed by atoms with Crippen LogP contribution in [0.4, 0.5) is 4.39 Å². The van der Waals surface area contributed by atoms with Gasteiger partial charge in [0.2, 0.25) is 0 Å². The molecule has 0 bridgehead atoms. The van der Waals surface area contributed by atoms with Gasteiger partial charge in [-0.25, -0.2) is 4.39 Å². The Bertz CT molecular complexity index is 566. The zero-order chi connectivity index (χ0) is 13.1. The Labute approximate surface area is 106 Å². The van der Waals surface area contributed by atoms with Crippen molar-refractivity contribution in [1.82, 2.24) is 0 Å². The summed E-state index contributed by atoms with van der Waals surface area (Å²) in [6.45, 7) is 4.26. The maximum atomic E-state index is 13.1. The minimum absolute atomic E-state index is 0.248. The van der Waals surface area contributed by atoms with Crippen LogP contribution >= 0.6 is 0 Å². The first-order valence-electron chi connectivity index (χ1n) is 5.84. The van der Waals surface area contributed by atoms with E-state index in [4.69, 9.17) is 10.5 Å². The van der Waals surface area contributed by atoms with Gasteiger partial charge in [0, 0.05) is 12.1 Å². The van der Waals surface area contributed by atoms with Crippen LogP contribution in [0.15, 0.2) is 36.4 Å². The topological polar surface area (TPSA) is 35.2 Å². The van der Waals surface area contributed by atoms with Crippen molar-refractivity contribution in [3.63, 3.8) is 0 Å². The Hall–Kier alpha value is -1.87. The summed E-state index contributed by atoms with van der Waals surface area (Å²) in [7, 11) is 0. The summed E-state index contributed by atoms with van der Waals surface area (Å²) in [5.74, 6) is 1.07. The molecule has 2 aromatic carbocycles. The van der Waals surface area contributed by atoms with Crippen molar-refractivity contribution in [2.75, 3.05) is 0 Å². The van der Waals surface area contributed by atoms with Crippen LogP contribution in [-0.2, 0) is 6.54 Å². The number of hydrogen-bond donors (Lipinski definition) is 1. The summed E-state index contributed by atoms with van der Waals surface area (Å²) in [6.07, 6.45) is 0. The number of aryl methyl sites for hydroxylation is 2. The summed E-state index contributed by atoms with van der Waals surface area (Å²) < 4.78 is 18.9. The van der Waals surface area contributed by atoms with Crippen molar-refractivity contribution in [3.05, 3.63) is 58.9 Å². The Kier molecular flexibility index (Phi) is 3.63. The summed E-state index contributed by atoms with van der Waals surface area (Å²) in [5.41, 5.74) is 8.47. The second-order valence-corrected chi connectivity index (χ2v) is 4.33. The largest absolute Gasteiger partial charge is 0.457 e. The molecule has 0 aliphatic carbocycles. The fraction of sp³-hybridized carbons (Fsp3) is 0.200. The Morgan fingerprint density at radius 3 is 2.44 bits per heavy atom. The van der Waals surface area contributed by atoms with Crippen LogP contribution in [0.5, 0.6) is 11.5 Å². The standard InChI is InChI=1S/C15H16FNO/c1-10-3-5-14(11(2)7-10)18-15-6-4-13(16)8-12(15)9-17/h3-8H,9,17H2,1-2H3. The molecule has 94 valence electrons. The number of rotatable bonds is 3. The van der Waals surface area contributed by atoms with Crippen LogP contribution in [0.3, 0.4) is 0 Å². The van der Waals surface area contributed by atoms with Crippen molar-refractivity contribution in [1.29, 1.82) is 0 Å². The zero-order valence-corrected chi connectivity index (χ0v) is 10.5. The van der Waals surface area contributed by atoms with Gasteiger partial charge >= 0.3 is 0 Å². The van der Waals surface area contributed by atoms with Crippen LogP contribution < -0.4 is 10.5 Å². The first-order valence-corrected chi connectivity index (χ1v) is 5.84. The molecule has 18 heavy (non-hydrogen) atoms. The van der Waals surface area contributed by atoms with Gasteiger partial charge in [-0.1, -0.05) is 17.7 Å². The molecule has 2 rings (SSSR count). The van der Waals surface area contributed by atoms with Crippen molar-refractivity contribution in [3.8, 4) is 11.5 Å². The van der Waals surface area contributed by atoms with E-state index in [1.807, 2.05) is 32.0 Å². The van der Waals surface area contributed by atoms with Crippen LogP contribution in [0, 0.1) is 19.7 Å². The molecule has 2 nitrogen and oxygen atoms in total. The van der Waals surface area contributed by atoms with Crippen LogP contribution in [-0.4, -0.2) is 0 Å². The van der Waals surface area contributed by atoms with Gasteiger partial charge in [0.05, 0.1) is 0 Å². The van der Waals surface area contributed by atoms with Crippen LogP contribution in [0.2, 0.25) is 0 Å². The summed E-state index contributed by atoms with van der Waals surface area (Å²) in [5, 5.41) is 0. The highest BCUT2D eigenvalue weighted by Gasteiger charge is 2.07. The third kappa shape index (κ3) is 2.68. The fourth-order valence-corrected chi connectivity index (χ4v) is 1.84. The zero-order valence-electron chi connectivity index (χ0n) is 10.5. The second-order valence-electron chi connectivity index (χ2n) is 4.33. The number of hydrogen-bond acceptors (Lipinski definition) is 2. The summed E-state index contributed by atoms with van der Waals surface area (Å²) in [6, 6.07) is 10.3. The van der Waals surface area contributed by atoms with E-state index in [-0.39, 0.29) is 12.4 Å². The van der Waals surface area contributed by atoms with Gasteiger partial charge < -0.3 is 10.5 Å². The van der Waals surface area contributed by atoms with Crippen LogP contribution in [0.25, 0.3) is 0 Å². The van der Waals surface area contributed by atoms with E-state index >= 15 is 0 Å². The molecule has 0 aliphatic rings. The van der Waals surface area contributed by atoms with Gasteiger partial charge in [0.15, 0.2) is 0 Å². The third-order valence-corrected chi connectivity index (χ3v) is 2.79. The molecule has 0 unspecified atom stereocenters. The fourth-order valence-electron chi connectivity index (χ4n) is 1.84. The minimum Gasteiger partial charge on any atom is -0.457 e. The first kappa shape index (κ1) is 12.6. The monoisotopic (exact) mass is 245 g/mol. The molecule has 0 spiro atoms. The maximum Gasteiger partial charge on any atom is 0.132 e. The molecule has 0 aliphatic heterocycles. The van der Waals surface area contributed by atoms with Gasteiger partial charge in [0.1, 0.15) is 17.3 Å². The molecule has 3 heteroatoms. The molecule has 0 atom stereocenters. The molecule has 0 heterocycles. The normalized spacial score (nSPS) is 10.4. The lowest BCUT2D eigenvalue weighted by Gasteiger charge is -2.12. The van der Waals surface area contributed by atoms with Gasteiger partial charge in [-0.15, -0.1) is 0 Å². The van der Waals surface area contributed by atoms with Gasteiger partial charge in [0.25, 0.3) is 0 Å². The highest BCUT2D eigenvalue weighted by atomic mass is 19.1. The van der Waals surface area contributed by atoms with Crippen molar-refractivity contribution >= 4 is 0 Å². The van der Waals surface area contributed by atoms with Crippen molar-refractivity contribution in [2.45, 2.75) is 20.4 Å². The van der Waals surface area contributed by atoms with Gasteiger partial charge in [-0.2, -0.15) is 0 Å². The molecular weight excluding hydrogens is 229 g/mol. The third-order valence-electron chi connectivity index (χ3n) is 2.79. The maximum absolute atomic E-state index is 13.1. The molecule has 0 fully saturated rings. The number of halogens is 1. The lowest BCUT2D eigenvalue weighted by atomic mass is 10.1. The van der Waals surface area contributed by atoms with Crippen molar-refractivity contribution < 1.29 is 9.13 Å². The van der Waals surface area contributed by atoms with E-state index < -0.39 is 0 Å².